The van der Waals surface area contributed by atoms with Crippen LogP contribution in [0, 0.1) is 11.6 Å². The van der Waals surface area contributed by atoms with E-state index in [1.165, 1.54) is 0 Å². The van der Waals surface area contributed by atoms with Crippen molar-refractivity contribution in [2.75, 3.05) is 7.11 Å². The second-order valence-electron chi connectivity index (χ2n) is 4.89. The molecule has 0 radical (unpaired) electrons. The van der Waals surface area contributed by atoms with Crippen LogP contribution in [0.25, 0.3) is 5.57 Å². The number of esters is 1. The predicted octanol–water partition coefficient (Wildman–Crippen LogP) is 3.62. The number of carbonyl (C=O) groups is 1. The Morgan fingerprint density at radius 3 is 2.18 bits per heavy atom. The minimum Gasteiger partial charge on any atom is -0.496 e. The highest BCUT2D eigenvalue weighted by atomic mass is 19.4. The summed E-state index contributed by atoms with van der Waals surface area (Å²) in [5.74, 6) is -4.11. The van der Waals surface area contributed by atoms with Gasteiger partial charge in [-0.3, -0.25) is 0 Å². The lowest BCUT2D eigenvalue weighted by atomic mass is 9.91. The monoisotopic (exact) mass is 322 g/mol. The molecule has 0 unspecified atom stereocenters. The standard InChI is InChI=1S/C14H11F5O3/c1-6-11(12(20)22-13(6,2)14(17,18)19)7-4-8(15)9(16)5-10(7)21-3/h4-5H,1-3H3/t13-/m1/s1. The van der Waals surface area contributed by atoms with Crippen LogP contribution in [-0.2, 0) is 9.53 Å². The molecule has 0 aliphatic carbocycles. The highest BCUT2D eigenvalue weighted by molar-refractivity contribution is 6.20. The molecule has 1 aromatic rings. The van der Waals surface area contributed by atoms with E-state index in [1.807, 2.05) is 0 Å². The molecule has 1 heterocycles. The van der Waals surface area contributed by atoms with Crippen molar-refractivity contribution in [2.45, 2.75) is 25.6 Å². The van der Waals surface area contributed by atoms with Gasteiger partial charge in [-0.25, -0.2) is 13.6 Å². The van der Waals surface area contributed by atoms with Gasteiger partial charge in [-0.1, -0.05) is 0 Å². The number of ether oxygens (including phenoxy) is 2. The maximum Gasteiger partial charge on any atom is 0.432 e. The Labute approximate surface area is 122 Å². The average Bonchev–Trinajstić information content (AvgIpc) is 2.63. The van der Waals surface area contributed by atoms with Crippen molar-refractivity contribution in [2.24, 2.45) is 0 Å². The molecular formula is C14H11F5O3. The van der Waals surface area contributed by atoms with Crippen LogP contribution in [0.15, 0.2) is 17.7 Å². The first-order chi connectivity index (χ1) is 10.0. The molecule has 0 saturated carbocycles. The van der Waals surface area contributed by atoms with E-state index in [-0.39, 0.29) is 11.3 Å². The van der Waals surface area contributed by atoms with E-state index in [4.69, 9.17) is 4.74 Å². The van der Waals surface area contributed by atoms with Crippen LogP contribution in [0.2, 0.25) is 0 Å². The lowest BCUT2D eigenvalue weighted by Gasteiger charge is -2.27. The molecule has 1 aliphatic heterocycles. The molecule has 0 fully saturated rings. The van der Waals surface area contributed by atoms with Crippen LogP contribution < -0.4 is 4.74 Å². The van der Waals surface area contributed by atoms with E-state index >= 15 is 0 Å². The van der Waals surface area contributed by atoms with Gasteiger partial charge in [-0.2, -0.15) is 13.2 Å². The maximum absolute atomic E-state index is 13.4. The van der Waals surface area contributed by atoms with Gasteiger partial charge in [0.05, 0.1) is 12.7 Å². The van der Waals surface area contributed by atoms with Crippen molar-refractivity contribution in [3.8, 4) is 5.75 Å². The summed E-state index contributed by atoms with van der Waals surface area (Å²) in [6.07, 6.45) is -4.85. The van der Waals surface area contributed by atoms with Crippen molar-refractivity contribution in [3.05, 3.63) is 34.9 Å². The lowest BCUT2D eigenvalue weighted by Crippen LogP contribution is -2.43. The number of methoxy groups -OCH3 is 1. The molecule has 120 valence electrons. The number of rotatable bonds is 2. The summed E-state index contributed by atoms with van der Waals surface area (Å²) in [5, 5.41) is 0. The highest BCUT2D eigenvalue weighted by Crippen LogP contribution is 2.48. The van der Waals surface area contributed by atoms with Crippen LogP contribution in [0.4, 0.5) is 22.0 Å². The molecule has 0 aromatic heterocycles. The van der Waals surface area contributed by atoms with Crippen molar-refractivity contribution < 1.29 is 36.2 Å². The summed E-state index contributed by atoms with van der Waals surface area (Å²) < 4.78 is 75.2. The van der Waals surface area contributed by atoms with Gasteiger partial charge in [-0.15, -0.1) is 0 Å². The molecule has 0 spiro atoms. The Bertz CT molecular complexity index is 678. The normalized spacial score (nSPS) is 22.1. The third-order valence-electron chi connectivity index (χ3n) is 3.64. The number of hydrogen-bond donors (Lipinski definition) is 0. The van der Waals surface area contributed by atoms with Gasteiger partial charge in [0.25, 0.3) is 0 Å². The van der Waals surface area contributed by atoms with E-state index in [0.29, 0.717) is 19.1 Å². The Kier molecular flexibility index (Phi) is 3.67. The van der Waals surface area contributed by atoms with Gasteiger partial charge >= 0.3 is 12.1 Å². The van der Waals surface area contributed by atoms with Crippen molar-refractivity contribution in [3.63, 3.8) is 0 Å². The summed E-state index contributed by atoms with van der Waals surface area (Å²) in [7, 11) is 1.12. The number of halogens is 5. The second-order valence-corrected chi connectivity index (χ2v) is 4.89. The smallest absolute Gasteiger partial charge is 0.432 e. The zero-order chi connectivity index (χ0) is 16.9. The summed E-state index contributed by atoms with van der Waals surface area (Å²) in [6, 6.07) is 1.26. The Balaban J connectivity index is 2.71. The molecule has 0 amide bonds. The SMILES string of the molecule is COc1cc(F)c(F)cc1C1=C(C)[C@](C)(C(F)(F)F)OC1=O. The first kappa shape index (κ1) is 16.3. The largest absolute Gasteiger partial charge is 0.496 e. The van der Waals surface area contributed by atoms with Crippen molar-refractivity contribution >= 4 is 11.5 Å². The molecule has 8 heteroatoms. The number of alkyl halides is 3. The summed E-state index contributed by atoms with van der Waals surface area (Å²) in [4.78, 5) is 11.9. The number of carbonyl (C=O) groups excluding carboxylic acids is 1. The van der Waals surface area contributed by atoms with Gasteiger partial charge in [0.15, 0.2) is 11.6 Å². The fourth-order valence-electron chi connectivity index (χ4n) is 2.18. The number of benzene rings is 1. The first-order valence-corrected chi connectivity index (χ1v) is 6.07. The molecule has 0 saturated heterocycles. The third-order valence-corrected chi connectivity index (χ3v) is 3.64. The van der Waals surface area contributed by atoms with Crippen LogP contribution >= 0.6 is 0 Å². The third kappa shape index (κ3) is 2.22. The molecule has 0 bridgehead atoms. The fraction of sp³-hybridized carbons (Fsp3) is 0.357. The molecule has 22 heavy (non-hydrogen) atoms. The van der Waals surface area contributed by atoms with E-state index in [9.17, 15) is 26.7 Å². The van der Waals surface area contributed by atoms with Gasteiger partial charge < -0.3 is 9.47 Å². The van der Waals surface area contributed by atoms with Crippen molar-refractivity contribution in [1.82, 2.24) is 0 Å². The molecule has 1 atom stereocenters. The Hall–Kier alpha value is -2.12. The molecule has 2 rings (SSSR count). The first-order valence-electron chi connectivity index (χ1n) is 6.07. The molecule has 3 nitrogen and oxygen atoms in total. The van der Waals surface area contributed by atoms with E-state index in [2.05, 4.69) is 4.74 Å². The lowest BCUT2D eigenvalue weighted by molar-refractivity contribution is -0.242. The van der Waals surface area contributed by atoms with Crippen molar-refractivity contribution in [1.29, 1.82) is 0 Å². The molecular weight excluding hydrogens is 311 g/mol. The quantitative estimate of drug-likeness (QED) is 0.616. The topological polar surface area (TPSA) is 35.5 Å². The Morgan fingerprint density at radius 2 is 1.73 bits per heavy atom. The minimum absolute atomic E-state index is 0.267. The van der Waals surface area contributed by atoms with Gasteiger partial charge in [0.2, 0.25) is 5.60 Å². The zero-order valence-electron chi connectivity index (χ0n) is 11.8. The predicted molar refractivity (Wildman–Crippen MR) is 66.1 cm³/mol. The van der Waals surface area contributed by atoms with E-state index in [0.717, 1.165) is 14.0 Å². The van der Waals surface area contributed by atoms with Gasteiger partial charge in [-0.05, 0) is 25.5 Å². The average molecular weight is 322 g/mol. The maximum atomic E-state index is 13.4. The van der Waals surface area contributed by atoms with Crippen LogP contribution in [0.5, 0.6) is 5.75 Å². The zero-order valence-corrected chi connectivity index (χ0v) is 11.8. The Morgan fingerprint density at radius 1 is 1.18 bits per heavy atom. The number of hydrogen-bond acceptors (Lipinski definition) is 3. The number of cyclic esters (lactones) is 1. The second kappa shape index (κ2) is 4.96. The van der Waals surface area contributed by atoms with Gasteiger partial charge in [0.1, 0.15) is 5.75 Å². The minimum atomic E-state index is -4.85. The van der Waals surface area contributed by atoms with Crippen LogP contribution in [0.3, 0.4) is 0 Å². The van der Waals surface area contributed by atoms with E-state index < -0.39 is 40.5 Å². The highest BCUT2D eigenvalue weighted by Gasteiger charge is 2.60. The molecule has 1 aliphatic rings. The van der Waals surface area contributed by atoms with E-state index in [1.54, 1.807) is 0 Å². The summed E-state index contributed by atoms with van der Waals surface area (Å²) in [6.45, 7) is 1.74. The molecule has 0 N–H and O–H groups in total. The molecule has 1 aromatic carbocycles. The van der Waals surface area contributed by atoms with Crippen LogP contribution in [-0.4, -0.2) is 24.9 Å². The van der Waals surface area contributed by atoms with Gasteiger partial charge in [0, 0.05) is 11.6 Å². The summed E-state index contributed by atoms with van der Waals surface area (Å²) in [5.41, 5.74) is -4.06. The van der Waals surface area contributed by atoms with Crippen LogP contribution in [0.1, 0.15) is 19.4 Å². The fourth-order valence-corrected chi connectivity index (χ4v) is 2.18. The summed E-state index contributed by atoms with van der Waals surface area (Å²) >= 11 is 0.